The van der Waals surface area contributed by atoms with Gasteiger partial charge in [-0.3, -0.25) is 4.68 Å². The molecular weight excluding hydrogens is 338 g/mol. The molecule has 1 saturated heterocycles. The van der Waals surface area contributed by atoms with Gasteiger partial charge in [-0.2, -0.15) is 5.10 Å². The fourth-order valence-corrected chi connectivity index (χ4v) is 3.39. The van der Waals surface area contributed by atoms with Crippen LogP contribution in [-0.2, 0) is 20.1 Å². The summed E-state index contributed by atoms with van der Waals surface area (Å²) in [6.45, 7) is 6.59. The van der Waals surface area contributed by atoms with Crippen LogP contribution >= 0.6 is 0 Å². The molecule has 2 heterocycles. The van der Waals surface area contributed by atoms with Crippen LogP contribution in [0.5, 0.6) is 0 Å². The smallest absolute Gasteiger partial charge is 0.194 e. The van der Waals surface area contributed by atoms with Gasteiger partial charge in [-0.05, 0) is 43.9 Å². The van der Waals surface area contributed by atoms with Crippen LogP contribution < -0.4 is 10.2 Å². The quantitative estimate of drug-likeness (QED) is 0.626. The van der Waals surface area contributed by atoms with Crippen LogP contribution in [0.25, 0.3) is 0 Å². The van der Waals surface area contributed by atoms with Crippen molar-refractivity contribution in [1.82, 2.24) is 25.0 Å². The average Bonchev–Trinajstić information content (AvgIpc) is 3.11. The molecule has 2 aromatic rings. The Morgan fingerprint density at radius 3 is 2.56 bits per heavy atom. The Morgan fingerprint density at radius 2 is 1.93 bits per heavy atom. The molecule has 0 unspecified atom stereocenters. The highest BCUT2D eigenvalue weighted by Crippen LogP contribution is 2.20. The van der Waals surface area contributed by atoms with Crippen LogP contribution in [0.15, 0.2) is 35.6 Å². The van der Waals surface area contributed by atoms with E-state index < -0.39 is 0 Å². The van der Waals surface area contributed by atoms with Crippen molar-refractivity contribution in [3.63, 3.8) is 0 Å². The summed E-state index contributed by atoms with van der Waals surface area (Å²) in [6, 6.07) is 8.95. The highest BCUT2D eigenvalue weighted by atomic mass is 15.3. The first-order chi connectivity index (χ1) is 13.2. The molecule has 7 nitrogen and oxygen atoms in total. The largest absolute Gasteiger partial charge is 0.372 e. The molecule has 0 saturated carbocycles. The summed E-state index contributed by atoms with van der Waals surface area (Å²) >= 11 is 0. The van der Waals surface area contributed by atoms with Gasteiger partial charge in [0.1, 0.15) is 18.7 Å². The minimum atomic E-state index is 0.511. The molecular formula is C20H31N7. The topological polar surface area (TPSA) is 61.6 Å². The van der Waals surface area contributed by atoms with Gasteiger partial charge in [0, 0.05) is 46.0 Å². The molecule has 27 heavy (non-hydrogen) atoms. The van der Waals surface area contributed by atoms with E-state index in [4.69, 9.17) is 4.99 Å². The zero-order valence-corrected chi connectivity index (χ0v) is 16.7. The summed E-state index contributed by atoms with van der Waals surface area (Å²) < 4.78 is 1.76. The number of benzene rings is 1. The van der Waals surface area contributed by atoms with Gasteiger partial charge in [-0.25, -0.2) is 9.98 Å². The van der Waals surface area contributed by atoms with Gasteiger partial charge in [0.2, 0.25) is 0 Å². The van der Waals surface area contributed by atoms with Crippen molar-refractivity contribution in [3.8, 4) is 0 Å². The lowest BCUT2D eigenvalue weighted by molar-refractivity contribution is 0.476. The molecule has 0 bridgehead atoms. The Morgan fingerprint density at radius 1 is 1.19 bits per heavy atom. The Hall–Kier alpha value is -2.57. The predicted octanol–water partition coefficient (Wildman–Crippen LogP) is 2.40. The van der Waals surface area contributed by atoms with Crippen molar-refractivity contribution < 1.29 is 0 Å². The van der Waals surface area contributed by atoms with Gasteiger partial charge in [0.25, 0.3) is 0 Å². The number of piperidine rings is 1. The number of rotatable bonds is 6. The maximum atomic E-state index is 4.70. The van der Waals surface area contributed by atoms with Crippen LogP contribution in [0.4, 0.5) is 5.69 Å². The van der Waals surface area contributed by atoms with Crippen molar-refractivity contribution in [2.24, 2.45) is 12.0 Å². The van der Waals surface area contributed by atoms with Crippen LogP contribution in [-0.4, -0.2) is 52.3 Å². The van der Waals surface area contributed by atoms with Gasteiger partial charge in [-0.15, -0.1) is 0 Å². The number of guanidine groups is 1. The molecule has 146 valence electrons. The molecule has 3 rings (SSSR count). The van der Waals surface area contributed by atoms with Gasteiger partial charge < -0.3 is 15.1 Å². The van der Waals surface area contributed by atoms with Gasteiger partial charge in [0.15, 0.2) is 5.96 Å². The number of aliphatic imine (C=N–C) groups is 1. The SMILES string of the molecule is CCNC(=NCc1ncnn1C)N(C)Cc1ccc(N2CCCCC2)cc1. The van der Waals surface area contributed by atoms with E-state index in [-0.39, 0.29) is 0 Å². The second kappa shape index (κ2) is 9.39. The Labute approximate surface area is 162 Å². The molecule has 0 atom stereocenters. The maximum Gasteiger partial charge on any atom is 0.194 e. The first-order valence-electron chi connectivity index (χ1n) is 9.83. The molecule has 1 aliphatic heterocycles. The Bertz CT molecular complexity index is 729. The van der Waals surface area contributed by atoms with Crippen LogP contribution in [0.3, 0.4) is 0 Å². The number of hydrogen-bond donors (Lipinski definition) is 1. The van der Waals surface area contributed by atoms with Crippen molar-refractivity contribution in [1.29, 1.82) is 0 Å². The molecule has 1 N–H and O–H groups in total. The van der Waals surface area contributed by atoms with Crippen molar-refractivity contribution >= 4 is 11.6 Å². The summed E-state index contributed by atoms with van der Waals surface area (Å²) in [5.41, 5.74) is 2.62. The highest BCUT2D eigenvalue weighted by Gasteiger charge is 2.12. The predicted molar refractivity (Wildman–Crippen MR) is 110 cm³/mol. The normalized spacial score (nSPS) is 15.1. The molecule has 0 spiro atoms. The van der Waals surface area contributed by atoms with Crippen LogP contribution in [0, 0.1) is 0 Å². The second-order valence-corrected chi connectivity index (χ2v) is 7.04. The van der Waals surface area contributed by atoms with Crippen molar-refractivity contribution in [2.45, 2.75) is 39.3 Å². The second-order valence-electron chi connectivity index (χ2n) is 7.04. The van der Waals surface area contributed by atoms with E-state index in [0.717, 1.165) is 24.9 Å². The first-order valence-corrected chi connectivity index (χ1v) is 9.83. The van der Waals surface area contributed by atoms with E-state index >= 15 is 0 Å². The summed E-state index contributed by atoms with van der Waals surface area (Å²) in [5.74, 6) is 1.73. The summed E-state index contributed by atoms with van der Waals surface area (Å²) in [5, 5.41) is 7.46. The molecule has 0 amide bonds. The summed E-state index contributed by atoms with van der Waals surface area (Å²) in [4.78, 5) is 13.6. The Balaban J connectivity index is 1.62. The molecule has 1 aromatic carbocycles. The number of hydrogen-bond acceptors (Lipinski definition) is 4. The van der Waals surface area contributed by atoms with Crippen LogP contribution in [0.1, 0.15) is 37.6 Å². The van der Waals surface area contributed by atoms with E-state index in [2.05, 4.69) is 63.4 Å². The lowest BCUT2D eigenvalue weighted by Gasteiger charge is -2.29. The molecule has 1 aromatic heterocycles. The van der Waals surface area contributed by atoms with E-state index in [1.54, 1.807) is 11.0 Å². The zero-order chi connectivity index (χ0) is 19.1. The molecule has 7 heteroatoms. The van der Waals surface area contributed by atoms with Crippen LogP contribution in [0.2, 0.25) is 0 Å². The lowest BCUT2D eigenvalue weighted by Crippen LogP contribution is -2.38. The fraction of sp³-hybridized carbons (Fsp3) is 0.550. The average molecular weight is 370 g/mol. The van der Waals surface area contributed by atoms with Gasteiger partial charge in [-0.1, -0.05) is 12.1 Å². The number of nitrogens with one attached hydrogen (secondary N) is 1. The minimum absolute atomic E-state index is 0.511. The first kappa shape index (κ1) is 19.2. The van der Waals surface area contributed by atoms with Crippen molar-refractivity contribution in [3.05, 3.63) is 42.0 Å². The standard InChI is InChI=1S/C20H31N7/c1-4-21-20(22-14-19-23-16-24-26(19)3)25(2)15-17-8-10-18(11-9-17)27-12-6-5-7-13-27/h8-11,16H,4-7,12-15H2,1-3H3,(H,21,22). The molecule has 1 fully saturated rings. The number of nitrogens with zero attached hydrogens (tertiary/aromatic N) is 6. The number of aryl methyl sites for hydroxylation is 1. The number of aromatic nitrogens is 3. The van der Waals surface area contributed by atoms with E-state index in [9.17, 15) is 0 Å². The number of anilines is 1. The van der Waals surface area contributed by atoms with Crippen molar-refractivity contribution in [2.75, 3.05) is 31.6 Å². The van der Waals surface area contributed by atoms with Gasteiger partial charge in [0.05, 0.1) is 0 Å². The molecule has 0 aliphatic carbocycles. The van der Waals surface area contributed by atoms with Gasteiger partial charge >= 0.3 is 0 Å². The van der Waals surface area contributed by atoms with E-state index in [0.29, 0.717) is 6.54 Å². The maximum absolute atomic E-state index is 4.70. The summed E-state index contributed by atoms with van der Waals surface area (Å²) in [7, 11) is 3.95. The third-order valence-corrected chi connectivity index (χ3v) is 4.95. The van der Waals surface area contributed by atoms with E-state index in [1.165, 1.54) is 43.6 Å². The third-order valence-electron chi connectivity index (χ3n) is 4.95. The highest BCUT2D eigenvalue weighted by molar-refractivity contribution is 5.79. The Kier molecular flexibility index (Phi) is 6.68. The monoisotopic (exact) mass is 369 g/mol. The lowest BCUT2D eigenvalue weighted by atomic mass is 10.1. The minimum Gasteiger partial charge on any atom is -0.372 e. The third kappa shape index (κ3) is 5.21. The fourth-order valence-electron chi connectivity index (χ4n) is 3.39. The molecule has 1 aliphatic rings. The summed E-state index contributed by atoms with van der Waals surface area (Å²) in [6.07, 6.45) is 5.53. The van der Waals surface area contributed by atoms with E-state index in [1.807, 2.05) is 7.05 Å². The zero-order valence-electron chi connectivity index (χ0n) is 16.7. The molecule has 0 radical (unpaired) electrons.